The van der Waals surface area contributed by atoms with Crippen LogP contribution in [-0.4, -0.2) is 359 Å². The molecule has 874 valence electrons. The van der Waals surface area contributed by atoms with E-state index in [2.05, 4.69) is 48.3 Å². The van der Waals surface area contributed by atoms with E-state index in [4.69, 9.17) is 71.8 Å². The third kappa shape index (κ3) is 69.6. The Morgan fingerprint density at radius 3 is 1.03 bits per heavy atom. The Morgan fingerprint density at radius 1 is 0.480 bits per heavy atom. The molecule has 0 saturated carbocycles. The summed E-state index contributed by atoms with van der Waals surface area (Å²) >= 11 is 10.8. The number of carboxylic acid groups (broad SMARTS) is 1. The Kier molecular flexibility index (Phi) is 95.7. The van der Waals surface area contributed by atoms with Gasteiger partial charge in [0, 0.05) is 74.0 Å². The number of nitrogens with two attached hydrogens (primary N) is 2. The zero-order chi connectivity index (χ0) is 115. The van der Waals surface area contributed by atoms with Crippen molar-refractivity contribution in [1.82, 2.24) is 41.9 Å². The quantitative estimate of drug-likeness (QED) is 0.00280. The van der Waals surface area contributed by atoms with Crippen molar-refractivity contribution in [3.05, 3.63) is 0 Å². The number of ether oxygens (including phenoxy) is 3. The summed E-state index contributed by atoms with van der Waals surface area (Å²) in [5, 5.41) is 41.3. The third-order valence-corrected chi connectivity index (χ3v) is 34.9. The van der Waals surface area contributed by atoms with Gasteiger partial charge in [0.25, 0.3) is 18.3 Å². The van der Waals surface area contributed by atoms with Crippen molar-refractivity contribution in [3.63, 3.8) is 0 Å². The predicted octanol–water partition coefficient (Wildman–Crippen LogP) is -3.54. The number of unbranched alkanes of at least 4 members (excludes halogenated alkanes) is 2. The summed E-state index contributed by atoms with van der Waals surface area (Å²) in [6.45, 7) is 38.8. The maximum absolute atomic E-state index is 12.6. The number of nitrogens with one attached hydrogen (secondary N) is 3. The number of carbonyl (C=O) groups is 11. The number of alkyl halides is 3. The molecule has 6 saturated heterocycles. The molecule has 10 atom stereocenters. The monoisotopic (exact) mass is 2420 g/mol. The number of aliphatic hydroxyl groups is 2. The minimum absolute atomic E-state index is 0. The molecule has 60 heteroatoms. The van der Waals surface area contributed by atoms with Crippen LogP contribution in [0.1, 0.15) is 263 Å². The van der Waals surface area contributed by atoms with Gasteiger partial charge in [0.15, 0.2) is 0 Å². The van der Waals surface area contributed by atoms with E-state index in [0.29, 0.717) is 132 Å². The van der Waals surface area contributed by atoms with Crippen LogP contribution in [-0.2, 0) is 146 Å². The van der Waals surface area contributed by atoms with Crippen LogP contribution in [0.2, 0.25) is 0 Å². The topological polar surface area (TPSA) is 694 Å². The number of amides is 4. The number of imide groups is 1. The molecule has 0 bridgehead atoms. The summed E-state index contributed by atoms with van der Waals surface area (Å²) in [5.41, 5.74) is 10.8. The minimum atomic E-state index is -3.53. The van der Waals surface area contributed by atoms with Crippen LogP contribution in [0, 0.1) is 59.2 Å². The number of rotatable bonds is 42. The van der Waals surface area contributed by atoms with Crippen molar-refractivity contribution in [2.24, 2.45) is 70.6 Å². The summed E-state index contributed by atoms with van der Waals surface area (Å²) in [6, 6.07) is -6.32. The number of hydrogen-bond acceptors (Lipinski definition) is 36. The van der Waals surface area contributed by atoms with Gasteiger partial charge in [0.1, 0.15) is 48.6 Å². The van der Waals surface area contributed by atoms with Crippen molar-refractivity contribution >= 4 is 169 Å². The van der Waals surface area contributed by atoms with E-state index in [1.54, 1.807) is 41.5 Å². The van der Waals surface area contributed by atoms with E-state index in [1.165, 1.54) is 34.2 Å². The SMILES string of the molecule is CC(C)CC(C=O)NC(=O)C(C(C)C)N1CCCCS1(=O)=O.CC(C)CC(CO)NC(=O)C(C(C)C)N1CCCCS1(=O)=O.CC(C)C[C@H](N)CO.CC(C)[C@@H](C(=O)O)N1CCCCS1(=O)=O.CC(C)[C@@H](C(=O)ON1C(=O)CCC1=O)N1CCCCS1(=O)=O.COC(=O)[C@@H](N)C(C)C.COC(=O)[C@@H](NS(=O)(=O)CCCCCl)C(C)C.COC(=O)[C@H](C(C)C)N1CCCCS1(=O)=O.O=CO[O-].O=S(=O)(Cl)CCCCCl.[2H]CF.[H-].[K+].[K+].[Na+].[OH-]. The Labute approximate surface area is 1020 Å². The second-order valence-corrected chi connectivity index (χ2v) is 54.4. The van der Waals surface area contributed by atoms with Crippen LogP contribution in [0.4, 0.5) is 4.39 Å². The minimum Gasteiger partial charge on any atom is -1.00 e. The maximum Gasteiger partial charge on any atom is 1.00 e. The molecule has 6 heterocycles. The van der Waals surface area contributed by atoms with Gasteiger partial charge in [-0.25, -0.2) is 68.4 Å². The molecular weight excluding hydrogens is 2250 g/mol. The third-order valence-electron chi connectivity index (χ3n) is 22.1. The number of hydroxylamine groups is 2. The Morgan fingerprint density at radius 2 is 0.787 bits per heavy atom. The number of aliphatic hydroxyl groups excluding tert-OH is 2. The molecule has 11 N–H and O–H groups in total. The summed E-state index contributed by atoms with van der Waals surface area (Å²) in [5.74, 6) is -3.56. The molecule has 4 unspecified atom stereocenters. The first kappa shape index (κ1) is 164. The van der Waals surface area contributed by atoms with Crippen molar-refractivity contribution < 1.29 is 301 Å². The normalized spacial score (nSPS) is 18.8. The van der Waals surface area contributed by atoms with Gasteiger partial charge in [-0.3, -0.25) is 47.5 Å². The number of aliphatic carboxylic acids is 1. The van der Waals surface area contributed by atoms with Gasteiger partial charge in [-0.05, 0) is 168 Å². The van der Waals surface area contributed by atoms with E-state index in [9.17, 15) is 116 Å². The van der Waals surface area contributed by atoms with Gasteiger partial charge >= 0.3 is 162 Å². The average Bonchev–Trinajstić information content (AvgIpc) is 1.30. The van der Waals surface area contributed by atoms with Crippen molar-refractivity contribution in [2.75, 3.05) is 126 Å². The second-order valence-electron chi connectivity index (χ2n) is 38.6. The van der Waals surface area contributed by atoms with Gasteiger partial charge in [-0.2, -0.15) is 21.5 Å². The first-order valence-corrected chi connectivity index (χ1v) is 62.0. The molecule has 4 amide bonds. The molecule has 6 aliphatic rings. The number of esters is 3. The molecule has 6 aliphatic heterocycles. The predicted molar refractivity (Wildman–Crippen MR) is 558 cm³/mol. The number of aldehydes is 1. The number of carbonyl (C=O) groups excluding carboxylic acids is 10. The molecule has 0 spiro atoms. The summed E-state index contributed by atoms with van der Waals surface area (Å²) in [6.07, 6.45) is 12.1. The Balaban J connectivity index is -0.000000187. The Bertz CT molecular complexity index is 4700. The molecule has 0 aromatic heterocycles. The summed E-state index contributed by atoms with van der Waals surface area (Å²) in [7, 11) is -15.9. The van der Waals surface area contributed by atoms with E-state index in [0.717, 1.165) is 47.0 Å². The van der Waals surface area contributed by atoms with Gasteiger partial charge in [0.2, 0.25) is 81.0 Å². The van der Waals surface area contributed by atoms with Crippen LogP contribution < -0.4 is 164 Å². The van der Waals surface area contributed by atoms with Crippen molar-refractivity contribution in [3.8, 4) is 0 Å². The standard InChI is InChI=1S/C15H30N2O4S.C15H28N2O4S.C13H20N2O6S.C10H20ClNO4S.C10H19NO4S.C9H17NO4S.C6H13NO2.C6H15NO.C4H8Cl2O2S.CH3F.CH2O3.2K.Na.H2O.H/c2*1-11(2)9-13(10-18)16-15(19)14(12(3)4)17-7-5-6-8-22(17,20)21;1-9(2)12(14-7-3-4-8-22(14,19)20)13(18)21-15-10(16)5-6-11(15)17;1-8(2)9(10(13)16-3)12-17(14,15)7-5-4-6-11;1-8(2)9(10(12)15-3)11-6-4-5-7-16(11,13)14;1-7(2)8(9(11)12)10-5-3-4-6-15(10,13)14;1-4(2)5(7)6(8)9-3;1-5(2)3-6(7)4-8;5-3-1-2-4-9(6,7)8;1-2;2-1-4-3;;;;;/h11-14,18H,5-10H2,1-4H3,(H,16,19);10-14H,5-9H2,1-4H3,(H,16,19);9,12H,3-8H2,1-2H3;8-9,12H,4-7H2,1-3H3;8-9H,4-7H2,1-3H3;7-8H,3-6H2,1-2H3,(H,11,12);4-5H,7H2,1-3H3;5-6,8H,3-4,7H2,1-2H3;1-4H2;1H3;1,3H;;;;1H2;/q;;;;;;;;;;;3*+1;;-1/p-2/t;;12-;2*9-;8-;5-;6-;;;;;;;;/m..000000......../s1/i;;;;;;;;;1D;;;;;;. The fourth-order valence-electron chi connectivity index (χ4n) is 14.9. The fraction of sp³-hybridized carbons (Fsp3) is 0.878. The molecular formula is C90H176Cl3FK2N11NaO35S7. The molecule has 0 aromatic carbocycles. The van der Waals surface area contributed by atoms with Gasteiger partial charge in [0.05, 0.1) is 95.4 Å². The number of carboxylic acids is 1. The number of hydrogen-bond donors (Lipinski definition) is 8. The van der Waals surface area contributed by atoms with E-state index in [1.807, 2.05) is 83.1 Å². The smallest absolute Gasteiger partial charge is 1.00 e. The first-order chi connectivity index (χ1) is 67.8. The molecule has 6 rings (SSSR count). The van der Waals surface area contributed by atoms with Crippen molar-refractivity contribution in [2.45, 2.75) is 321 Å². The van der Waals surface area contributed by atoms with Crippen molar-refractivity contribution in [1.29, 1.82) is 0 Å². The summed E-state index contributed by atoms with van der Waals surface area (Å²) in [4.78, 5) is 132. The van der Waals surface area contributed by atoms with Gasteiger partial charge in [-0.15, -0.1) is 28.3 Å². The Hall–Kier alpha value is -1.19. The van der Waals surface area contributed by atoms with Crippen LogP contribution in [0.15, 0.2) is 0 Å². The summed E-state index contributed by atoms with van der Waals surface area (Å²) < 4.78 is 202. The van der Waals surface area contributed by atoms with E-state index in [-0.39, 0.29) is 296 Å². The van der Waals surface area contributed by atoms with E-state index >= 15 is 0 Å². The van der Waals surface area contributed by atoms with Crippen LogP contribution in [0.5, 0.6) is 0 Å². The number of sulfonamides is 6. The molecule has 46 nitrogen and oxygen atoms in total. The first-order valence-electron chi connectivity index (χ1n) is 49.5. The van der Waals surface area contributed by atoms with Crippen LogP contribution >= 0.6 is 33.9 Å². The van der Waals surface area contributed by atoms with Gasteiger partial charge in [-0.1, -0.05) is 138 Å². The fourth-order valence-corrected chi connectivity index (χ4v) is 27.0. The molecule has 0 radical (unpaired) electrons. The molecule has 0 aromatic rings. The molecule has 0 aliphatic carbocycles. The van der Waals surface area contributed by atoms with E-state index < -0.39 is 160 Å². The van der Waals surface area contributed by atoms with Crippen LogP contribution in [0.25, 0.3) is 0 Å². The second kappa shape index (κ2) is 87.5. The number of halogens is 4. The number of nitrogens with zero attached hydrogens (tertiary/aromatic N) is 6. The van der Waals surface area contributed by atoms with Crippen LogP contribution in [0.3, 0.4) is 0 Å². The zero-order valence-corrected chi connectivity index (χ0v) is 109. The zero-order valence-electron chi connectivity index (χ0n) is 94.8. The number of methoxy groups -OCH3 is 3. The molecule has 6 fully saturated rings. The maximum atomic E-state index is 12.6. The van der Waals surface area contributed by atoms with Gasteiger partial charge < -0.3 is 78.3 Å². The average molecular weight is 2420 g/mol. The molecule has 150 heavy (non-hydrogen) atoms. The largest absolute Gasteiger partial charge is 1.00 e.